The van der Waals surface area contributed by atoms with Crippen molar-refractivity contribution in [3.63, 3.8) is 0 Å². The van der Waals surface area contributed by atoms with Gasteiger partial charge in [0.05, 0.1) is 13.2 Å². The second-order valence-electron chi connectivity index (χ2n) is 3.44. The number of carbonyl (C=O) groups excluding carboxylic acids is 2. The van der Waals surface area contributed by atoms with Crippen LogP contribution >= 0.6 is 0 Å². The van der Waals surface area contributed by atoms with Gasteiger partial charge in [0, 0.05) is 6.42 Å². The first kappa shape index (κ1) is 14.9. The van der Waals surface area contributed by atoms with E-state index in [9.17, 15) is 14.7 Å². The highest BCUT2D eigenvalue weighted by Gasteiger charge is 2.17. The van der Waals surface area contributed by atoms with E-state index >= 15 is 0 Å². The van der Waals surface area contributed by atoms with Crippen LogP contribution in [0.25, 0.3) is 0 Å². The van der Waals surface area contributed by atoms with Gasteiger partial charge in [0.2, 0.25) is 0 Å². The van der Waals surface area contributed by atoms with Crippen molar-refractivity contribution in [3.8, 4) is 0 Å². The van der Waals surface area contributed by atoms with Crippen molar-refractivity contribution in [1.29, 1.82) is 0 Å². The molecular weight excluding hydrogens is 212 g/mol. The topological polar surface area (TPSA) is 72.8 Å². The number of hydrogen-bond donors (Lipinski definition) is 1. The van der Waals surface area contributed by atoms with Gasteiger partial charge in [0.25, 0.3) is 0 Å². The maximum Gasteiger partial charge on any atom is 0.334 e. The highest BCUT2D eigenvalue weighted by molar-refractivity contribution is 5.76. The minimum absolute atomic E-state index is 0.0302. The van der Waals surface area contributed by atoms with E-state index in [1.807, 2.05) is 13.8 Å². The molecule has 0 bridgehead atoms. The summed E-state index contributed by atoms with van der Waals surface area (Å²) in [6, 6.07) is 0. The molecule has 0 aromatic heterocycles. The molecule has 0 heterocycles. The number of carbonyl (C=O) groups is 2. The molecule has 0 saturated heterocycles. The average molecular weight is 232 g/mol. The highest BCUT2D eigenvalue weighted by Crippen LogP contribution is 2.02. The summed E-state index contributed by atoms with van der Waals surface area (Å²) in [5.41, 5.74) is 0. The van der Waals surface area contributed by atoms with Crippen molar-refractivity contribution in [2.24, 2.45) is 0 Å². The van der Waals surface area contributed by atoms with Gasteiger partial charge in [-0.2, -0.15) is 0 Å². The Morgan fingerprint density at radius 3 is 2.25 bits per heavy atom. The molecule has 1 N–H and O–H groups in total. The quantitative estimate of drug-likeness (QED) is 0.633. The van der Waals surface area contributed by atoms with Crippen molar-refractivity contribution in [2.75, 3.05) is 13.2 Å². The Hall–Kier alpha value is -1.10. The van der Waals surface area contributed by atoms with Crippen molar-refractivity contribution in [1.82, 2.24) is 0 Å². The molecule has 0 aliphatic carbocycles. The van der Waals surface area contributed by atoms with Crippen LogP contribution in [0.4, 0.5) is 0 Å². The summed E-state index contributed by atoms with van der Waals surface area (Å²) in [5.74, 6) is -1.07. The van der Waals surface area contributed by atoms with Crippen LogP contribution in [0, 0.1) is 0 Å². The van der Waals surface area contributed by atoms with E-state index in [-0.39, 0.29) is 19.4 Å². The number of aliphatic hydroxyl groups excluding tert-OH is 1. The molecule has 0 spiro atoms. The normalized spacial score (nSPS) is 11.9. The molecule has 0 rings (SSSR count). The third-order valence-electron chi connectivity index (χ3n) is 1.81. The van der Waals surface area contributed by atoms with Crippen LogP contribution in [0.5, 0.6) is 0 Å². The fraction of sp³-hybridized carbons (Fsp3) is 0.818. The lowest BCUT2D eigenvalue weighted by Gasteiger charge is -2.09. The largest absolute Gasteiger partial charge is 0.466 e. The Morgan fingerprint density at radius 2 is 1.69 bits per heavy atom. The molecule has 0 aromatic rings. The second kappa shape index (κ2) is 9.15. The van der Waals surface area contributed by atoms with Crippen LogP contribution < -0.4 is 0 Å². The first-order valence-corrected chi connectivity index (χ1v) is 5.62. The summed E-state index contributed by atoms with van der Waals surface area (Å²) in [4.78, 5) is 22.2. The van der Waals surface area contributed by atoms with E-state index in [0.29, 0.717) is 13.0 Å². The number of rotatable bonds is 8. The van der Waals surface area contributed by atoms with E-state index in [2.05, 4.69) is 0 Å². The fourth-order valence-electron chi connectivity index (χ4n) is 0.959. The van der Waals surface area contributed by atoms with Gasteiger partial charge in [-0.25, -0.2) is 4.79 Å². The van der Waals surface area contributed by atoms with Crippen molar-refractivity contribution in [3.05, 3.63) is 0 Å². The zero-order valence-corrected chi connectivity index (χ0v) is 9.90. The highest BCUT2D eigenvalue weighted by atomic mass is 16.5. The Kier molecular flexibility index (Phi) is 8.52. The SMILES string of the molecule is CCCOC(=O)CC[C@H](O)C(=O)OCCC. The smallest absolute Gasteiger partial charge is 0.334 e. The molecule has 5 heteroatoms. The van der Waals surface area contributed by atoms with Gasteiger partial charge in [-0.1, -0.05) is 13.8 Å². The van der Waals surface area contributed by atoms with Crippen molar-refractivity contribution >= 4 is 11.9 Å². The van der Waals surface area contributed by atoms with Gasteiger partial charge in [0.1, 0.15) is 0 Å². The van der Waals surface area contributed by atoms with E-state index in [1.54, 1.807) is 0 Å². The van der Waals surface area contributed by atoms with Gasteiger partial charge in [-0.3, -0.25) is 4.79 Å². The van der Waals surface area contributed by atoms with Crippen LogP contribution in [0.1, 0.15) is 39.5 Å². The molecule has 0 fully saturated rings. The number of esters is 2. The summed E-state index contributed by atoms with van der Waals surface area (Å²) in [6.45, 7) is 4.41. The Labute approximate surface area is 95.7 Å². The molecular formula is C11H20O5. The molecule has 0 aliphatic heterocycles. The summed E-state index contributed by atoms with van der Waals surface area (Å²) >= 11 is 0. The summed E-state index contributed by atoms with van der Waals surface area (Å²) in [5, 5.41) is 9.34. The lowest BCUT2D eigenvalue weighted by atomic mass is 10.2. The van der Waals surface area contributed by atoms with Crippen LogP contribution in [0.15, 0.2) is 0 Å². The molecule has 16 heavy (non-hydrogen) atoms. The van der Waals surface area contributed by atoms with E-state index in [1.165, 1.54) is 0 Å². The summed E-state index contributed by atoms with van der Waals surface area (Å²) < 4.78 is 9.53. The molecule has 0 radical (unpaired) electrons. The molecule has 0 unspecified atom stereocenters. The minimum atomic E-state index is -1.24. The molecule has 0 saturated carbocycles. The number of hydrogen-bond acceptors (Lipinski definition) is 5. The van der Waals surface area contributed by atoms with E-state index < -0.39 is 18.0 Å². The predicted molar refractivity (Wildman–Crippen MR) is 57.7 cm³/mol. The third-order valence-corrected chi connectivity index (χ3v) is 1.81. The molecule has 1 atom stereocenters. The molecule has 0 amide bonds. The molecule has 0 aliphatic rings. The van der Waals surface area contributed by atoms with E-state index in [4.69, 9.17) is 9.47 Å². The average Bonchev–Trinajstić information content (AvgIpc) is 2.30. The van der Waals surface area contributed by atoms with Gasteiger partial charge >= 0.3 is 11.9 Å². The maximum absolute atomic E-state index is 11.1. The van der Waals surface area contributed by atoms with Gasteiger partial charge < -0.3 is 14.6 Å². The first-order chi connectivity index (χ1) is 7.61. The van der Waals surface area contributed by atoms with Crippen LogP contribution in [0.2, 0.25) is 0 Å². The lowest BCUT2D eigenvalue weighted by molar-refractivity contribution is -0.154. The molecule has 0 aromatic carbocycles. The fourth-order valence-corrected chi connectivity index (χ4v) is 0.959. The Bertz CT molecular complexity index is 214. The van der Waals surface area contributed by atoms with Crippen LogP contribution in [0.3, 0.4) is 0 Å². The van der Waals surface area contributed by atoms with Gasteiger partial charge in [-0.05, 0) is 19.3 Å². The van der Waals surface area contributed by atoms with Crippen LogP contribution in [-0.4, -0.2) is 36.4 Å². The Morgan fingerprint density at radius 1 is 1.12 bits per heavy atom. The summed E-state index contributed by atoms with van der Waals surface area (Å²) in [6.07, 6.45) is 0.304. The second-order valence-corrected chi connectivity index (χ2v) is 3.44. The van der Waals surface area contributed by atoms with Crippen molar-refractivity contribution in [2.45, 2.75) is 45.6 Å². The van der Waals surface area contributed by atoms with E-state index in [0.717, 1.165) is 6.42 Å². The molecule has 94 valence electrons. The molecule has 5 nitrogen and oxygen atoms in total. The zero-order valence-electron chi connectivity index (χ0n) is 9.90. The Balaban J connectivity index is 3.66. The maximum atomic E-state index is 11.1. The lowest BCUT2D eigenvalue weighted by Crippen LogP contribution is -2.24. The number of aliphatic hydroxyl groups is 1. The van der Waals surface area contributed by atoms with Gasteiger partial charge in [0.15, 0.2) is 6.10 Å². The monoisotopic (exact) mass is 232 g/mol. The third kappa shape index (κ3) is 7.23. The van der Waals surface area contributed by atoms with Crippen LogP contribution in [-0.2, 0) is 19.1 Å². The standard InChI is InChI=1S/C11H20O5/c1-3-7-15-10(13)6-5-9(12)11(14)16-8-4-2/h9,12H,3-8H2,1-2H3/t9-/m0/s1. The summed E-state index contributed by atoms with van der Waals surface area (Å²) in [7, 11) is 0. The minimum Gasteiger partial charge on any atom is -0.466 e. The van der Waals surface area contributed by atoms with Crippen molar-refractivity contribution < 1.29 is 24.2 Å². The van der Waals surface area contributed by atoms with Gasteiger partial charge in [-0.15, -0.1) is 0 Å². The predicted octanol–water partition coefficient (Wildman–Crippen LogP) is 1.03. The zero-order chi connectivity index (χ0) is 12.4. The first-order valence-electron chi connectivity index (χ1n) is 5.62. The number of ether oxygens (including phenoxy) is 2.